The summed E-state index contributed by atoms with van der Waals surface area (Å²) >= 11 is 0. The molecular weight excluding hydrogens is 318 g/mol. The summed E-state index contributed by atoms with van der Waals surface area (Å²) < 4.78 is 0. The van der Waals surface area contributed by atoms with Crippen LogP contribution in [0.5, 0.6) is 0 Å². The van der Waals surface area contributed by atoms with E-state index in [0.29, 0.717) is 18.9 Å². The van der Waals surface area contributed by atoms with Gasteiger partial charge in [-0.3, -0.25) is 14.5 Å². The van der Waals surface area contributed by atoms with Gasteiger partial charge in [0.1, 0.15) is 6.04 Å². The summed E-state index contributed by atoms with van der Waals surface area (Å²) in [5.41, 5.74) is 0.901. The zero-order valence-corrected chi connectivity index (χ0v) is 15.1. The number of rotatable bonds is 8. The number of carbonyl (C=O) groups excluding carboxylic acids is 3. The van der Waals surface area contributed by atoms with Gasteiger partial charge in [-0.1, -0.05) is 44.2 Å². The zero-order chi connectivity index (χ0) is 18.4. The fourth-order valence-corrected chi connectivity index (χ4v) is 2.86. The third kappa shape index (κ3) is 5.05. The van der Waals surface area contributed by atoms with Crippen LogP contribution in [0.3, 0.4) is 0 Å². The largest absolute Gasteiger partial charge is 0.356 e. The molecule has 1 aromatic rings. The number of nitrogens with one attached hydrogen (secondary N) is 2. The van der Waals surface area contributed by atoms with Crippen molar-refractivity contribution in [3.8, 4) is 0 Å². The zero-order valence-electron chi connectivity index (χ0n) is 15.1. The summed E-state index contributed by atoms with van der Waals surface area (Å²) in [6.07, 6.45) is 1.46. The Morgan fingerprint density at radius 2 is 1.88 bits per heavy atom. The molecule has 1 fully saturated rings. The molecule has 0 bridgehead atoms. The lowest BCUT2D eigenvalue weighted by Gasteiger charge is -2.21. The Balaban J connectivity index is 1.87. The maximum atomic E-state index is 12.6. The van der Waals surface area contributed by atoms with Gasteiger partial charge < -0.3 is 10.6 Å². The van der Waals surface area contributed by atoms with E-state index in [1.54, 1.807) is 0 Å². The molecule has 25 heavy (non-hydrogen) atoms. The molecule has 1 aromatic carbocycles. The molecule has 4 amide bonds. The number of hydrogen-bond acceptors (Lipinski definition) is 3. The van der Waals surface area contributed by atoms with E-state index in [4.69, 9.17) is 0 Å². The summed E-state index contributed by atoms with van der Waals surface area (Å²) in [4.78, 5) is 37.9. The van der Waals surface area contributed by atoms with Crippen LogP contribution in [-0.2, 0) is 9.59 Å². The lowest BCUT2D eigenvalue weighted by molar-refractivity contribution is -0.129. The lowest BCUT2D eigenvalue weighted by Crippen LogP contribution is -2.34. The maximum Gasteiger partial charge on any atom is 0.325 e. The molecule has 2 rings (SSSR count). The average molecular weight is 345 g/mol. The number of imide groups is 1. The number of carbonyl (C=O) groups is 3. The second kappa shape index (κ2) is 8.65. The monoisotopic (exact) mass is 345 g/mol. The molecule has 6 heteroatoms. The highest BCUT2D eigenvalue weighted by Gasteiger charge is 2.40. The Morgan fingerprint density at radius 1 is 1.20 bits per heavy atom. The molecule has 1 aliphatic heterocycles. The van der Waals surface area contributed by atoms with Crippen LogP contribution in [0, 0.1) is 5.92 Å². The number of amides is 4. The molecule has 1 saturated heterocycles. The molecule has 0 spiro atoms. The van der Waals surface area contributed by atoms with Gasteiger partial charge in [0.2, 0.25) is 5.91 Å². The Labute approximate surface area is 149 Å². The first-order valence-corrected chi connectivity index (χ1v) is 8.85. The van der Waals surface area contributed by atoms with Gasteiger partial charge in [-0.15, -0.1) is 0 Å². The highest BCUT2D eigenvalue weighted by atomic mass is 16.2. The summed E-state index contributed by atoms with van der Waals surface area (Å²) in [6, 6.07) is 8.07. The van der Waals surface area contributed by atoms with E-state index in [1.807, 2.05) is 37.3 Å². The summed E-state index contributed by atoms with van der Waals surface area (Å²) in [7, 11) is 0. The van der Waals surface area contributed by atoms with Crippen molar-refractivity contribution >= 4 is 17.8 Å². The molecule has 0 saturated carbocycles. The van der Waals surface area contributed by atoms with Crippen LogP contribution < -0.4 is 10.6 Å². The molecule has 2 atom stereocenters. The van der Waals surface area contributed by atoms with E-state index in [0.717, 1.165) is 12.0 Å². The molecule has 2 N–H and O–H groups in total. The first kappa shape index (κ1) is 19.0. The van der Waals surface area contributed by atoms with Crippen molar-refractivity contribution in [2.45, 2.75) is 52.1 Å². The van der Waals surface area contributed by atoms with Crippen LogP contribution in [-0.4, -0.2) is 35.3 Å². The molecule has 1 aliphatic rings. The van der Waals surface area contributed by atoms with Crippen LogP contribution in [0.1, 0.15) is 51.6 Å². The van der Waals surface area contributed by atoms with Crippen LogP contribution in [0.25, 0.3) is 0 Å². The second-order valence-corrected chi connectivity index (χ2v) is 6.87. The predicted molar refractivity (Wildman–Crippen MR) is 95.7 cm³/mol. The Hall–Kier alpha value is -2.37. The van der Waals surface area contributed by atoms with Gasteiger partial charge in [-0.05, 0) is 31.2 Å². The Kier molecular flexibility index (Phi) is 6.56. The van der Waals surface area contributed by atoms with Gasteiger partial charge in [0, 0.05) is 13.0 Å². The van der Waals surface area contributed by atoms with Crippen molar-refractivity contribution in [2.75, 3.05) is 6.54 Å². The van der Waals surface area contributed by atoms with E-state index in [2.05, 4.69) is 24.5 Å². The fraction of sp³-hybridized carbons (Fsp3) is 0.526. The van der Waals surface area contributed by atoms with Gasteiger partial charge in [-0.2, -0.15) is 0 Å². The van der Waals surface area contributed by atoms with E-state index in [1.165, 1.54) is 4.90 Å². The summed E-state index contributed by atoms with van der Waals surface area (Å²) in [6.45, 7) is 6.66. The number of urea groups is 1. The number of hydrogen-bond donors (Lipinski definition) is 2. The summed E-state index contributed by atoms with van der Waals surface area (Å²) in [5, 5.41) is 5.54. The molecule has 0 radical (unpaired) electrons. The molecule has 0 unspecified atom stereocenters. The minimum atomic E-state index is -0.630. The first-order chi connectivity index (χ1) is 11.9. The van der Waals surface area contributed by atoms with Crippen molar-refractivity contribution in [3.63, 3.8) is 0 Å². The second-order valence-electron chi connectivity index (χ2n) is 6.87. The van der Waals surface area contributed by atoms with Crippen molar-refractivity contribution in [1.82, 2.24) is 15.5 Å². The first-order valence-electron chi connectivity index (χ1n) is 8.85. The molecule has 0 aliphatic carbocycles. The van der Waals surface area contributed by atoms with Crippen LogP contribution >= 0.6 is 0 Å². The quantitative estimate of drug-likeness (QED) is 0.711. The van der Waals surface area contributed by atoms with Crippen LogP contribution in [0.15, 0.2) is 30.3 Å². The van der Waals surface area contributed by atoms with Crippen LogP contribution in [0.4, 0.5) is 4.79 Å². The predicted octanol–water partition coefficient (Wildman–Crippen LogP) is 2.61. The van der Waals surface area contributed by atoms with E-state index < -0.39 is 12.1 Å². The van der Waals surface area contributed by atoms with Crippen LogP contribution in [0.2, 0.25) is 0 Å². The topological polar surface area (TPSA) is 78.5 Å². The minimum absolute atomic E-state index is 0.0859. The lowest BCUT2D eigenvalue weighted by atomic mass is 10.1. The fourth-order valence-electron chi connectivity index (χ4n) is 2.86. The number of benzene rings is 1. The van der Waals surface area contributed by atoms with Crippen molar-refractivity contribution < 1.29 is 14.4 Å². The highest BCUT2D eigenvalue weighted by Crippen LogP contribution is 2.25. The molecule has 1 heterocycles. The van der Waals surface area contributed by atoms with Gasteiger partial charge in [0.05, 0.1) is 6.04 Å². The average Bonchev–Trinajstić information content (AvgIpc) is 2.86. The van der Waals surface area contributed by atoms with Crippen molar-refractivity contribution in [1.29, 1.82) is 0 Å². The highest BCUT2D eigenvalue weighted by molar-refractivity contribution is 6.04. The number of nitrogens with zero attached hydrogens (tertiary/aromatic N) is 1. The molecule has 136 valence electrons. The molecule has 0 aromatic heterocycles. The minimum Gasteiger partial charge on any atom is -0.356 e. The van der Waals surface area contributed by atoms with E-state index in [-0.39, 0.29) is 24.3 Å². The van der Waals surface area contributed by atoms with Gasteiger partial charge >= 0.3 is 6.03 Å². The van der Waals surface area contributed by atoms with Gasteiger partial charge in [-0.25, -0.2) is 4.79 Å². The third-order valence-electron chi connectivity index (χ3n) is 4.43. The van der Waals surface area contributed by atoms with E-state index in [9.17, 15) is 14.4 Å². The molecular formula is C19H27N3O3. The van der Waals surface area contributed by atoms with E-state index >= 15 is 0 Å². The smallest absolute Gasteiger partial charge is 0.325 e. The standard InChI is InChI=1S/C19H27N3O3/c1-13(2)11-12-20-17(23)10-9-16-18(24)22(19(25)21-16)14(3)15-7-5-4-6-8-15/h4-8,13-14,16H,9-12H2,1-3H3,(H,20,23)(H,21,25)/t14-,16+/m0/s1. The SMILES string of the molecule is CC(C)CCNC(=O)CC[C@H]1NC(=O)N([C@@H](C)c2ccccc2)C1=O. The summed E-state index contributed by atoms with van der Waals surface area (Å²) in [5.74, 6) is 0.178. The normalized spacial score (nSPS) is 18.4. The Bertz CT molecular complexity index is 616. The molecule has 6 nitrogen and oxygen atoms in total. The van der Waals surface area contributed by atoms with Gasteiger partial charge in [0.25, 0.3) is 5.91 Å². The van der Waals surface area contributed by atoms with Crippen molar-refractivity contribution in [2.24, 2.45) is 5.92 Å². The Morgan fingerprint density at radius 3 is 2.52 bits per heavy atom. The van der Waals surface area contributed by atoms with Crippen molar-refractivity contribution in [3.05, 3.63) is 35.9 Å². The van der Waals surface area contributed by atoms with Gasteiger partial charge in [0.15, 0.2) is 0 Å². The maximum absolute atomic E-state index is 12.6. The third-order valence-corrected chi connectivity index (χ3v) is 4.43.